The Morgan fingerprint density at radius 3 is 2.29 bits per heavy atom. The highest BCUT2D eigenvalue weighted by Gasteiger charge is 2.33. The van der Waals surface area contributed by atoms with E-state index in [2.05, 4.69) is 12.2 Å². The summed E-state index contributed by atoms with van der Waals surface area (Å²) in [4.78, 5) is 23.3. The first-order valence-corrected chi connectivity index (χ1v) is 12.7. The summed E-state index contributed by atoms with van der Waals surface area (Å²) in [5.74, 6) is 2.90. The maximum Gasteiger partial charge on any atom is 0.286 e. The molecule has 3 aromatic rings. The second-order valence-corrected chi connectivity index (χ2v) is 9.23. The van der Waals surface area contributed by atoms with Crippen LogP contribution in [0.4, 0.5) is 4.79 Å². The van der Waals surface area contributed by atoms with Crippen LogP contribution in [0.1, 0.15) is 42.6 Å². The summed E-state index contributed by atoms with van der Waals surface area (Å²) in [7, 11) is 0. The summed E-state index contributed by atoms with van der Waals surface area (Å²) in [6.45, 7) is 3.26. The average Bonchev–Trinajstić information content (AvgIpc) is 3.21. The summed E-state index contributed by atoms with van der Waals surface area (Å²) >= 11 is 0.993. The molecule has 4 rings (SSSR count). The highest BCUT2D eigenvalue weighted by Crippen LogP contribution is 2.36. The van der Waals surface area contributed by atoms with Crippen LogP contribution in [0.3, 0.4) is 0 Å². The van der Waals surface area contributed by atoms with Gasteiger partial charge in [0.05, 0.1) is 13.2 Å². The Morgan fingerprint density at radius 1 is 0.829 bits per heavy atom. The van der Waals surface area contributed by atoms with Crippen molar-refractivity contribution in [3.8, 4) is 23.0 Å². The van der Waals surface area contributed by atoms with E-state index < -0.39 is 5.25 Å². The molecular formula is C28H29NO5S. The Bertz CT molecular complexity index is 1150. The van der Waals surface area contributed by atoms with Gasteiger partial charge in [-0.25, -0.2) is 0 Å². The van der Waals surface area contributed by atoms with Crippen molar-refractivity contribution in [1.82, 2.24) is 5.32 Å². The van der Waals surface area contributed by atoms with Crippen LogP contribution in [0.25, 0.3) is 0 Å². The number of nitrogens with one attached hydrogen (secondary N) is 1. The van der Waals surface area contributed by atoms with Gasteiger partial charge in [0.25, 0.3) is 5.24 Å². The van der Waals surface area contributed by atoms with Gasteiger partial charge in [0.15, 0.2) is 0 Å². The molecule has 1 aliphatic rings. The molecule has 1 saturated heterocycles. The number of unbranched alkanes of at least 4 members (excludes halogenated alkanes) is 1. The lowest BCUT2D eigenvalue weighted by Gasteiger charge is -2.16. The van der Waals surface area contributed by atoms with Gasteiger partial charge in [0, 0.05) is 5.56 Å². The molecule has 1 N–H and O–H groups in total. The number of carbonyl (C=O) groups excluding carboxylic acids is 2. The van der Waals surface area contributed by atoms with E-state index >= 15 is 0 Å². The molecule has 3 aromatic carbocycles. The lowest BCUT2D eigenvalue weighted by Crippen LogP contribution is -2.20. The predicted octanol–water partition coefficient (Wildman–Crippen LogP) is 6.69. The summed E-state index contributed by atoms with van der Waals surface area (Å²) in [6, 6.07) is 23.1. The smallest absolute Gasteiger partial charge is 0.286 e. The average molecular weight is 492 g/mol. The zero-order chi connectivity index (χ0) is 24.5. The van der Waals surface area contributed by atoms with Crippen molar-refractivity contribution < 1.29 is 23.8 Å². The molecule has 1 atom stereocenters. The fourth-order valence-electron chi connectivity index (χ4n) is 3.81. The van der Waals surface area contributed by atoms with Crippen molar-refractivity contribution >= 4 is 22.9 Å². The Balaban J connectivity index is 1.26. The van der Waals surface area contributed by atoms with Gasteiger partial charge in [-0.05, 0) is 73.0 Å². The predicted molar refractivity (Wildman–Crippen MR) is 137 cm³/mol. The zero-order valence-electron chi connectivity index (χ0n) is 19.7. The normalized spacial score (nSPS) is 15.1. The van der Waals surface area contributed by atoms with Gasteiger partial charge < -0.3 is 14.2 Å². The van der Waals surface area contributed by atoms with Crippen molar-refractivity contribution in [1.29, 1.82) is 0 Å². The minimum absolute atomic E-state index is 0.282. The summed E-state index contributed by atoms with van der Waals surface area (Å²) < 4.78 is 18.1. The first-order chi connectivity index (χ1) is 17.1. The van der Waals surface area contributed by atoms with E-state index in [9.17, 15) is 9.59 Å². The number of hydrogen-bond donors (Lipinski definition) is 1. The SMILES string of the molecule is CCCc1c(OCCCCOc2cccc(C3SC(=O)NC3=O)c2)cccc1Oc1ccccc1. The third kappa shape index (κ3) is 6.79. The zero-order valence-corrected chi connectivity index (χ0v) is 20.5. The topological polar surface area (TPSA) is 73.9 Å². The molecule has 0 aromatic heterocycles. The van der Waals surface area contributed by atoms with Gasteiger partial charge in [-0.2, -0.15) is 0 Å². The van der Waals surface area contributed by atoms with Gasteiger partial charge in [-0.3, -0.25) is 14.9 Å². The highest BCUT2D eigenvalue weighted by atomic mass is 32.2. The van der Waals surface area contributed by atoms with Crippen LogP contribution in [-0.4, -0.2) is 24.4 Å². The second-order valence-electron chi connectivity index (χ2n) is 8.15. The first kappa shape index (κ1) is 24.7. The van der Waals surface area contributed by atoms with Crippen LogP contribution in [0.2, 0.25) is 0 Å². The molecule has 2 amide bonds. The van der Waals surface area contributed by atoms with E-state index in [0.29, 0.717) is 19.0 Å². The van der Waals surface area contributed by atoms with E-state index in [1.807, 2.05) is 72.8 Å². The lowest BCUT2D eigenvalue weighted by molar-refractivity contribution is -0.119. The molecule has 0 radical (unpaired) electrons. The van der Waals surface area contributed by atoms with Crippen molar-refractivity contribution in [3.63, 3.8) is 0 Å². The van der Waals surface area contributed by atoms with E-state index in [1.54, 1.807) is 0 Å². The van der Waals surface area contributed by atoms with Gasteiger partial charge >= 0.3 is 0 Å². The van der Waals surface area contributed by atoms with Crippen molar-refractivity contribution in [2.45, 2.75) is 37.9 Å². The molecule has 0 aliphatic carbocycles. The Morgan fingerprint density at radius 2 is 1.54 bits per heavy atom. The second kappa shape index (κ2) is 12.3. The highest BCUT2D eigenvalue weighted by molar-refractivity contribution is 8.15. The van der Waals surface area contributed by atoms with Crippen molar-refractivity contribution in [3.05, 3.63) is 83.9 Å². The Labute approximate surface area is 210 Å². The molecule has 1 aliphatic heterocycles. The molecular weight excluding hydrogens is 462 g/mol. The van der Waals surface area contributed by atoms with E-state index in [4.69, 9.17) is 14.2 Å². The number of thioether (sulfide) groups is 1. The summed E-state index contributed by atoms with van der Waals surface area (Å²) in [5, 5.41) is 1.48. The number of hydrogen-bond acceptors (Lipinski definition) is 6. The van der Waals surface area contributed by atoms with Crippen LogP contribution in [-0.2, 0) is 11.2 Å². The van der Waals surface area contributed by atoms with Crippen LogP contribution in [0.15, 0.2) is 72.8 Å². The number of benzene rings is 3. The van der Waals surface area contributed by atoms with Gasteiger partial charge in [0.1, 0.15) is 28.2 Å². The van der Waals surface area contributed by atoms with Crippen LogP contribution in [0.5, 0.6) is 23.0 Å². The third-order valence-electron chi connectivity index (χ3n) is 5.48. The third-order valence-corrected chi connectivity index (χ3v) is 6.51. The van der Waals surface area contributed by atoms with E-state index in [-0.39, 0.29) is 11.1 Å². The lowest BCUT2D eigenvalue weighted by atomic mass is 10.1. The fraction of sp³-hybridized carbons (Fsp3) is 0.286. The first-order valence-electron chi connectivity index (χ1n) is 11.9. The number of amides is 2. The number of carbonyl (C=O) groups is 2. The molecule has 182 valence electrons. The van der Waals surface area contributed by atoms with Crippen LogP contribution >= 0.6 is 11.8 Å². The standard InChI is InChI=1S/C28H29NO5S/c1-2-10-23-24(15-9-16-25(23)34-21-12-4-3-5-13-21)33-18-7-6-17-32-22-14-8-11-20(19-22)26-27(30)29-28(31)35-26/h3-5,8-9,11-16,19,26H,2,6-7,10,17-18H2,1H3,(H,29,30,31). The monoisotopic (exact) mass is 491 g/mol. The molecule has 35 heavy (non-hydrogen) atoms. The molecule has 7 heteroatoms. The number of rotatable bonds is 12. The molecule has 0 spiro atoms. The van der Waals surface area contributed by atoms with E-state index in [0.717, 1.165) is 65.8 Å². The van der Waals surface area contributed by atoms with E-state index in [1.165, 1.54) is 0 Å². The molecule has 0 bridgehead atoms. The molecule has 1 unspecified atom stereocenters. The van der Waals surface area contributed by atoms with Gasteiger partial charge in [-0.1, -0.05) is 49.7 Å². The largest absolute Gasteiger partial charge is 0.494 e. The number of imide groups is 1. The Kier molecular flexibility index (Phi) is 8.68. The van der Waals surface area contributed by atoms with Gasteiger partial charge in [0.2, 0.25) is 5.91 Å². The van der Waals surface area contributed by atoms with Crippen molar-refractivity contribution in [2.75, 3.05) is 13.2 Å². The van der Waals surface area contributed by atoms with Crippen LogP contribution in [0, 0.1) is 0 Å². The van der Waals surface area contributed by atoms with Crippen LogP contribution < -0.4 is 19.5 Å². The maximum atomic E-state index is 11.9. The van der Waals surface area contributed by atoms with Crippen molar-refractivity contribution in [2.24, 2.45) is 0 Å². The van der Waals surface area contributed by atoms with Gasteiger partial charge in [-0.15, -0.1) is 0 Å². The quantitative estimate of drug-likeness (QED) is 0.284. The summed E-state index contributed by atoms with van der Waals surface area (Å²) in [5.41, 5.74) is 1.85. The Hall–Kier alpha value is -3.45. The molecule has 6 nitrogen and oxygen atoms in total. The minimum atomic E-state index is -0.515. The molecule has 1 heterocycles. The summed E-state index contributed by atoms with van der Waals surface area (Å²) in [6.07, 6.45) is 3.53. The number of ether oxygens (including phenoxy) is 3. The molecule has 1 fully saturated rings. The minimum Gasteiger partial charge on any atom is -0.494 e. The fourth-order valence-corrected chi connectivity index (χ4v) is 4.63. The number of para-hydroxylation sites is 1. The maximum absolute atomic E-state index is 11.9. The molecule has 0 saturated carbocycles.